The summed E-state index contributed by atoms with van der Waals surface area (Å²) in [5.41, 5.74) is 1.22. The van der Waals surface area contributed by atoms with Gasteiger partial charge in [0.25, 0.3) is 5.19 Å². The molecule has 9 heteroatoms. The van der Waals surface area contributed by atoms with E-state index in [1.54, 1.807) is 18.2 Å². The maximum atomic E-state index is 12.9. The average molecular weight is 451 g/mol. The number of rotatable bonds is 5. The number of piperidine rings is 1. The van der Waals surface area contributed by atoms with Crippen LogP contribution in [0.3, 0.4) is 0 Å². The lowest BCUT2D eigenvalue weighted by atomic mass is 10.1. The first kappa shape index (κ1) is 20.3. The second-order valence-corrected chi connectivity index (χ2v) is 10.2. The molecule has 4 rings (SSSR count). The van der Waals surface area contributed by atoms with Gasteiger partial charge in [-0.15, -0.1) is 0 Å². The van der Waals surface area contributed by atoms with Crippen molar-refractivity contribution in [1.29, 1.82) is 0 Å². The number of Topliss-reactive ketones (excluding diaryl/α,β-unsaturated/α-hetero) is 1. The lowest BCUT2D eigenvalue weighted by molar-refractivity contribution is 0.101. The van der Waals surface area contributed by atoms with Crippen molar-refractivity contribution in [1.82, 2.24) is 9.29 Å². The molecule has 0 atom stereocenters. The molecule has 1 fully saturated rings. The lowest BCUT2D eigenvalue weighted by Crippen LogP contribution is -2.41. The van der Waals surface area contributed by atoms with Gasteiger partial charge in [0.15, 0.2) is 5.78 Å². The molecule has 1 saturated heterocycles. The van der Waals surface area contributed by atoms with E-state index in [0.717, 1.165) is 10.2 Å². The van der Waals surface area contributed by atoms with Gasteiger partial charge in [-0.25, -0.2) is 13.4 Å². The molecule has 0 spiro atoms. The summed E-state index contributed by atoms with van der Waals surface area (Å²) in [4.78, 5) is 16.0. The third-order valence-corrected chi connectivity index (χ3v) is 8.05. The summed E-state index contributed by atoms with van der Waals surface area (Å²) in [6.07, 6.45) is 1.06. The number of benzene rings is 2. The summed E-state index contributed by atoms with van der Waals surface area (Å²) in [6.45, 7) is 2.19. The minimum atomic E-state index is -3.59. The van der Waals surface area contributed by atoms with E-state index in [0.29, 0.717) is 41.7 Å². The number of nitrogens with zero attached hydrogens (tertiary/aromatic N) is 2. The molecule has 2 heterocycles. The highest BCUT2D eigenvalue weighted by Gasteiger charge is 2.30. The third-order valence-electron chi connectivity index (χ3n) is 4.92. The van der Waals surface area contributed by atoms with E-state index in [4.69, 9.17) is 16.3 Å². The topological polar surface area (TPSA) is 76.6 Å². The van der Waals surface area contributed by atoms with Crippen molar-refractivity contribution in [2.75, 3.05) is 13.1 Å². The van der Waals surface area contributed by atoms with Gasteiger partial charge in [0.05, 0.1) is 14.6 Å². The van der Waals surface area contributed by atoms with E-state index in [1.807, 2.05) is 12.1 Å². The van der Waals surface area contributed by atoms with Gasteiger partial charge in [0.1, 0.15) is 11.6 Å². The molecule has 3 aromatic rings. The number of ether oxygens (including phenoxy) is 1. The SMILES string of the molecule is CC(=O)c1ccc(S(=O)(=O)N2CCC(Oc3nc4c(Cl)cccc4s3)CC2)cc1. The zero-order valence-corrected chi connectivity index (χ0v) is 18.1. The maximum absolute atomic E-state index is 12.9. The second kappa shape index (κ2) is 8.02. The fourth-order valence-electron chi connectivity index (χ4n) is 3.29. The van der Waals surface area contributed by atoms with Gasteiger partial charge in [-0.05, 0) is 44.0 Å². The number of fused-ring (bicyclic) bond motifs is 1. The number of carbonyl (C=O) groups is 1. The van der Waals surface area contributed by atoms with Gasteiger partial charge < -0.3 is 4.74 Å². The Kier molecular flexibility index (Phi) is 5.61. The number of hydrogen-bond acceptors (Lipinski definition) is 6. The van der Waals surface area contributed by atoms with Crippen molar-refractivity contribution in [2.24, 2.45) is 0 Å². The highest BCUT2D eigenvalue weighted by atomic mass is 35.5. The van der Waals surface area contributed by atoms with E-state index in [1.165, 1.54) is 34.7 Å². The molecule has 152 valence electrons. The molecule has 0 radical (unpaired) electrons. The predicted octanol–water partition coefficient (Wildman–Crippen LogP) is 4.38. The molecule has 0 unspecified atom stereocenters. The van der Waals surface area contributed by atoms with Crippen molar-refractivity contribution in [2.45, 2.75) is 30.8 Å². The van der Waals surface area contributed by atoms with Crippen molar-refractivity contribution in [3.8, 4) is 5.19 Å². The largest absolute Gasteiger partial charge is 0.467 e. The third kappa shape index (κ3) is 4.16. The van der Waals surface area contributed by atoms with Gasteiger partial charge in [-0.1, -0.05) is 41.1 Å². The van der Waals surface area contributed by atoms with Crippen LogP contribution in [0, 0.1) is 0 Å². The van der Waals surface area contributed by atoms with Gasteiger partial charge in [-0.2, -0.15) is 4.31 Å². The predicted molar refractivity (Wildman–Crippen MR) is 113 cm³/mol. The average Bonchev–Trinajstić information content (AvgIpc) is 3.12. The quantitative estimate of drug-likeness (QED) is 0.539. The summed E-state index contributed by atoms with van der Waals surface area (Å²) >= 11 is 7.60. The summed E-state index contributed by atoms with van der Waals surface area (Å²) in [5, 5.41) is 1.14. The maximum Gasteiger partial charge on any atom is 0.274 e. The molecule has 0 bridgehead atoms. The van der Waals surface area contributed by atoms with Crippen LogP contribution in [0.2, 0.25) is 5.02 Å². The Balaban J connectivity index is 1.41. The van der Waals surface area contributed by atoms with E-state index < -0.39 is 10.0 Å². The number of para-hydroxylation sites is 1. The first-order valence-electron chi connectivity index (χ1n) is 9.17. The van der Waals surface area contributed by atoms with Crippen molar-refractivity contribution in [3.63, 3.8) is 0 Å². The van der Waals surface area contributed by atoms with E-state index in [9.17, 15) is 13.2 Å². The van der Waals surface area contributed by atoms with Gasteiger partial charge in [-0.3, -0.25) is 4.79 Å². The van der Waals surface area contributed by atoms with Crippen LogP contribution < -0.4 is 4.74 Å². The minimum Gasteiger partial charge on any atom is -0.467 e. The minimum absolute atomic E-state index is 0.0944. The van der Waals surface area contributed by atoms with Crippen LogP contribution in [-0.4, -0.2) is 42.7 Å². The number of aromatic nitrogens is 1. The Morgan fingerprint density at radius 1 is 1.17 bits per heavy atom. The van der Waals surface area contributed by atoms with Crippen LogP contribution in [0.1, 0.15) is 30.1 Å². The first-order chi connectivity index (χ1) is 13.8. The zero-order valence-electron chi connectivity index (χ0n) is 15.7. The molecule has 2 aromatic carbocycles. The van der Waals surface area contributed by atoms with Gasteiger partial charge in [0, 0.05) is 18.7 Å². The Bertz CT molecular complexity index is 1150. The Labute approximate surface area is 178 Å². The van der Waals surface area contributed by atoms with E-state index >= 15 is 0 Å². The smallest absolute Gasteiger partial charge is 0.274 e. The Hall–Kier alpha value is -2.00. The number of hydrogen-bond donors (Lipinski definition) is 0. The van der Waals surface area contributed by atoms with Crippen LogP contribution in [0.5, 0.6) is 5.19 Å². The summed E-state index contributed by atoms with van der Waals surface area (Å²) in [5.74, 6) is -0.0944. The van der Waals surface area contributed by atoms with Crippen LogP contribution >= 0.6 is 22.9 Å². The standard InChI is InChI=1S/C20H19ClN2O4S2/c1-13(24)14-5-7-16(8-6-14)29(25,26)23-11-9-15(10-12-23)27-20-22-19-17(21)3-2-4-18(19)28-20/h2-8,15H,9-12H2,1H3. The van der Waals surface area contributed by atoms with Crippen molar-refractivity contribution in [3.05, 3.63) is 53.1 Å². The second-order valence-electron chi connectivity index (χ2n) is 6.87. The molecule has 1 aliphatic heterocycles. The normalized spacial score (nSPS) is 16.2. The molecule has 6 nitrogen and oxygen atoms in total. The first-order valence-corrected chi connectivity index (χ1v) is 11.8. The van der Waals surface area contributed by atoms with Crippen LogP contribution in [-0.2, 0) is 10.0 Å². The molecular weight excluding hydrogens is 432 g/mol. The lowest BCUT2D eigenvalue weighted by Gasteiger charge is -2.30. The number of thiazole rings is 1. The number of sulfonamides is 1. The molecular formula is C20H19ClN2O4S2. The molecule has 1 aromatic heterocycles. The number of halogens is 1. The Morgan fingerprint density at radius 2 is 1.86 bits per heavy atom. The molecule has 29 heavy (non-hydrogen) atoms. The fraction of sp³-hybridized carbons (Fsp3) is 0.300. The molecule has 0 amide bonds. The molecule has 0 N–H and O–H groups in total. The molecule has 1 aliphatic rings. The Morgan fingerprint density at radius 3 is 2.48 bits per heavy atom. The highest BCUT2D eigenvalue weighted by Crippen LogP contribution is 2.33. The van der Waals surface area contributed by atoms with Crippen LogP contribution in [0.4, 0.5) is 0 Å². The molecule has 0 aliphatic carbocycles. The fourth-order valence-corrected chi connectivity index (χ4v) is 5.94. The van der Waals surface area contributed by atoms with Crippen molar-refractivity contribution >= 4 is 49.0 Å². The number of ketones is 1. The van der Waals surface area contributed by atoms with Gasteiger partial charge >= 0.3 is 0 Å². The summed E-state index contributed by atoms with van der Waals surface area (Å²) < 4.78 is 34.1. The van der Waals surface area contributed by atoms with Crippen molar-refractivity contribution < 1.29 is 17.9 Å². The monoisotopic (exact) mass is 450 g/mol. The summed E-state index contributed by atoms with van der Waals surface area (Å²) in [6, 6.07) is 11.7. The van der Waals surface area contributed by atoms with E-state index in [2.05, 4.69) is 4.98 Å². The molecule has 0 saturated carbocycles. The number of carbonyl (C=O) groups excluding carboxylic acids is 1. The zero-order chi connectivity index (χ0) is 20.6. The van der Waals surface area contributed by atoms with E-state index in [-0.39, 0.29) is 16.8 Å². The summed E-state index contributed by atoms with van der Waals surface area (Å²) in [7, 11) is -3.59. The van der Waals surface area contributed by atoms with Crippen LogP contribution in [0.25, 0.3) is 10.2 Å². The highest BCUT2D eigenvalue weighted by molar-refractivity contribution is 7.89. The van der Waals surface area contributed by atoms with Gasteiger partial charge in [0.2, 0.25) is 10.0 Å². The van der Waals surface area contributed by atoms with Crippen LogP contribution in [0.15, 0.2) is 47.4 Å².